The van der Waals surface area contributed by atoms with Crippen LogP contribution in [0.3, 0.4) is 0 Å². The summed E-state index contributed by atoms with van der Waals surface area (Å²) in [4.78, 5) is 4.89. The Kier molecular flexibility index (Phi) is 3.50. The van der Waals surface area contributed by atoms with Crippen molar-refractivity contribution in [2.24, 2.45) is 5.16 Å². The van der Waals surface area contributed by atoms with Gasteiger partial charge < -0.3 is 4.84 Å². The van der Waals surface area contributed by atoms with E-state index in [0.717, 1.165) is 5.56 Å². The number of hydrogen-bond acceptors (Lipinski definition) is 2. The molecular formula is C11H15NO. The van der Waals surface area contributed by atoms with Gasteiger partial charge in [0, 0.05) is 0 Å². The third-order valence-electron chi connectivity index (χ3n) is 1.82. The van der Waals surface area contributed by atoms with Crippen LogP contribution in [0.15, 0.2) is 23.4 Å². The van der Waals surface area contributed by atoms with Gasteiger partial charge >= 0.3 is 0 Å². The minimum absolute atomic E-state index is 0.613. The van der Waals surface area contributed by atoms with Crippen LogP contribution in [0.4, 0.5) is 0 Å². The van der Waals surface area contributed by atoms with Crippen molar-refractivity contribution in [3.8, 4) is 0 Å². The van der Waals surface area contributed by atoms with Crippen LogP contribution >= 0.6 is 0 Å². The Bertz CT molecular complexity index is 305. The number of nitrogens with zero attached hydrogens (tertiary/aromatic N) is 1. The van der Waals surface area contributed by atoms with Gasteiger partial charge in [0.15, 0.2) is 0 Å². The fraction of sp³-hybridized carbons (Fsp3) is 0.364. The van der Waals surface area contributed by atoms with Crippen LogP contribution in [0.25, 0.3) is 0 Å². The summed E-state index contributed by atoms with van der Waals surface area (Å²) in [5.74, 6) is 0. The van der Waals surface area contributed by atoms with E-state index in [2.05, 4.69) is 31.1 Å². The van der Waals surface area contributed by atoms with E-state index >= 15 is 0 Å². The maximum absolute atomic E-state index is 4.89. The van der Waals surface area contributed by atoms with Crippen LogP contribution in [-0.4, -0.2) is 12.8 Å². The Balaban J connectivity index is 2.77. The standard InChI is InChI=1S/C11H15NO/c1-4-13-12-8-11-6-5-9(2)7-10(11)3/h5-8H,4H2,1-3H3/b12-8+. The normalized spacial score (nSPS) is 10.7. The van der Waals surface area contributed by atoms with E-state index < -0.39 is 0 Å². The Morgan fingerprint density at radius 1 is 1.38 bits per heavy atom. The van der Waals surface area contributed by atoms with Gasteiger partial charge in [0.25, 0.3) is 0 Å². The van der Waals surface area contributed by atoms with Crippen molar-refractivity contribution in [3.05, 3.63) is 34.9 Å². The van der Waals surface area contributed by atoms with E-state index in [9.17, 15) is 0 Å². The fourth-order valence-corrected chi connectivity index (χ4v) is 1.14. The lowest BCUT2D eigenvalue weighted by molar-refractivity contribution is 0.160. The Hall–Kier alpha value is -1.31. The molecule has 13 heavy (non-hydrogen) atoms. The highest BCUT2D eigenvalue weighted by molar-refractivity contribution is 5.81. The number of hydrogen-bond donors (Lipinski definition) is 0. The second-order valence-corrected chi connectivity index (χ2v) is 3.01. The molecule has 0 saturated heterocycles. The molecule has 2 heteroatoms. The lowest BCUT2D eigenvalue weighted by atomic mass is 10.1. The highest BCUT2D eigenvalue weighted by Crippen LogP contribution is 2.07. The molecule has 0 aromatic heterocycles. The molecule has 0 aliphatic heterocycles. The average molecular weight is 177 g/mol. The molecule has 0 unspecified atom stereocenters. The lowest BCUT2D eigenvalue weighted by Gasteiger charge is -2.00. The number of rotatable bonds is 3. The van der Waals surface area contributed by atoms with Crippen LogP contribution in [-0.2, 0) is 4.84 Å². The number of benzene rings is 1. The molecule has 1 aromatic rings. The molecule has 2 nitrogen and oxygen atoms in total. The molecule has 0 fully saturated rings. The molecule has 0 aliphatic carbocycles. The van der Waals surface area contributed by atoms with E-state index in [1.807, 2.05) is 13.0 Å². The summed E-state index contributed by atoms with van der Waals surface area (Å²) in [7, 11) is 0. The molecule has 0 amide bonds. The SMILES string of the molecule is CCO/N=C/c1ccc(C)cc1C. The van der Waals surface area contributed by atoms with Gasteiger partial charge in [-0.05, 0) is 31.9 Å². The number of aryl methyl sites for hydroxylation is 2. The molecule has 0 radical (unpaired) electrons. The second-order valence-electron chi connectivity index (χ2n) is 3.01. The van der Waals surface area contributed by atoms with E-state index in [0.29, 0.717) is 6.61 Å². The van der Waals surface area contributed by atoms with Crippen LogP contribution in [0, 0.1) is 13.8 Å². The van der Waals surface area contributed by atoms with Gasteiger partial charge in [-0.15, -0.1) is 0 Å². The van der Waals surface area contributed by atoms with Crippen LogP contribution in [0.5, 0.6) is 0 Å². The molecule has 0 N–H and O–H groups in total. The Morgan fingerprint density at radius 2 is 2.15 bits per heavy atom. The summed E-state index contributed by atoms with van der Waals surface area (Å²) in [6.45, 7) is 6.68. The van der Waals surface area contributed by atoms with E-state index in [1.54, 1.807) is 6.21 Å². The largest absolute Gasteiger partial charge is 0.396 e. The van der Waals surface area contributed by atoms with Crippen molar-refractivity contribution in [2.75, 3.05) is 6.61 Å². The quantitative estimate of drug-likeness (QED) is 0.514. The van der Waals surface area contributed by atoms with Crippen molar-refractivity contribution in [1.82, 2.24) is 0 Å². The van der Waals surface area contributed by atoms with E-state index in [4.69, 9.17) is 4.84 Å². The molecule has 0 saturated carbocycles. The predicted molar refractivity (Wildman–Crippen MR) is 55.1 cm³/mol. The first kappa shape index (κ1) is 9.78. The molecular weight excluding hydrogens is 162 g/mol. The summed E-state index contributed by atoms with van der Waals surface area (Å²) in [5, 5.41) is 3.83. The van der Waals surface area contributed by atoms with Crippen molar-refractivity contribution >= 4 is 6.21 Å². The van der Waals surface area contributed by atoms with Gasteiger partial charge in [-0.3, -0.25) is 0 Å². The third kappa shape index (κ3) is 2.90. The molecule has 0 atom stereocenters. The van der Waals surface area contributed by atoms with Gasteiger partial charge in [0.1, 0.15) is 6.61 Å². The minimum atomic E-state index is 0.613. The lowest BCUT2D eigenvalue weighted by Crippen LogP contribution is -1.89. The number of oxime groups is 1. The zero-order chi connectivity index (χ0) is 9.68. The highest BCUT2D eigenvalue weighted by Gasteiger charge is 1.94. The minimum Gasteiger partial charge on any atom is -0.396 e. The summed E-state index contributed by atoms with van der Waals surface area (Å²) in [6, 6.07) is 6.25. The van der Waals surface area contributed by atoms with Crippen LogP contribution < -0.4 is 0 Å². The third-order valence-corrected chi connectivity index (χ3v) is 1.82. The van der Waals surface area contributed by atoms with Crippen LogP contribution in [0.2, 0.25) is 0 Å². The van der Waals surface area contributed by atoms with Crippen molar-refractivity contribution in [1.29, 1.82) is 0 Å². The van der Waals surface area contributed by atoms with E-state index in [1.165, 1.54) is 11.1 Å². The highest BCUT2D eigenvalue weighted by atomic mass is 16.6. The van der Waals surface area contributed by atoms with Crippen LogP contribution in [0.1, 0.15) is 23.6 Å². The van der Waals surface area contributed by atoms with Gasteiger partial charge in [0.2, 0.25) is 0 Å². The maximum atomic E-state index is 4.89. The monoisotopic (exact) mass is 177 g/mol. The van der Waals surface area contributed by atoms with Gasteiger partial charge in [-0.1, -0.05) is 28.9 Å². The summed E-state index contributed by atoms with van der Waals surface area (Å²) < 4.78 is 0. The second kappa shape index (κ2) is 4.65. The molecule has 0 spiro atoms. The molecule has 0 bridgehead atoms. The van der Waals surface area contributed by atoms with Gasteiger partial charge in [0.05, 0.1) is 6.21 Å². The predicted octanol–water partition coefficient (Wildman–Crippen LogP) is 2.67. The van der Waals surface area contributed by atoms with Crippen molar-refractivity contribution in [2.45, 2.75) is 20.8 Å². The van der Waals surface area contributed by atoms with Crippen molar-refractivity contribution in [3.63, 3.8) is 0 Å². The molecule has 0 aliphatic rings. The Morgan fingerprint density at radius 3 is 2.77 bits per heavy atom. The maximum Gasteiger partial charge on any atom is 0.114 e. The average Bonchev–Trinajstić information content (AvgIpc) is 2.09. The molecule has 0 heterocycles. The Labute approximate surface area is 79.2 Å². The first-order chi connectivity index (χ1) is 6.24. The van der Waals surface area contributed by atoms with E-state index in [-0.39, 0.29) is 0 Å². The first-order valence-electron chi connectivity index (χ1n) is 4.46. The zero-order valence-electron chi connectivity index (χ0n) is 8.37. The van der Waals surface area contributed by atoms with Crippen molar-refractivity contribution < 1.29 is 4.84 Å². The van der Waals surface area contributed by atoms with Gasteiger partial charge in [-0.25, -0.2) is 0 Å². The molecule has 1 rings (SSSR count). The summed E-state index contributed by atoms with van der Waals surface area (Å²) in [6.07, 6.45) is 1.75. The molecule has 70 valence electrons. The fourth-order valence-electron chi connectivity index (χ4n) is 1.14. The zero-order valence-corrected chi connectivity index (χ0v) is 8.37. The van der Waals surface area contributed by atoms with Gasteiger partial charge in [-0.2, -0.15) is 0 Å². The summed E-state index contributed by atoms with van der Waals surface area (Å²) >= 11 is 0. The smallest absolute Gasteiger partial charge is 0.114 e. The molecule has 1 aromatic carbocycles. The first-order valence-corrected chi connectivity index (χ1v) is 4.46. The summed E-state index contributed by atoms with van der Waals surface area (Å²) in [5.41, 5.74) is 3.61. The topological polar surface area (TPSA) is 21.6 Å².